The first-order valence-electron chi connectivity index (χ1n) is 11.7. The van der Waals surface area contributed by atoms with Gasteiger partial charge in [0.05, 0.1) is 16.8 Å². The van der Waals surface area contributed by atoms with Crippen molar-refractivity contribution in [3.63, 3.8) is 0 Å². The minimum absolute atomic E-state index is 0.218. The average molecular weight is 508 g/mol. The summed E-state index contributed by atoms with van der Waals surface area (Å²) in [5.41, 5.74) is 8.69. The Morgan fingerprint density at radius 2 is 1.64 bits per heavy atom. The van der Waals surface area contributed by atoms with E-state index >= 15 is 0 Å². The fourth-order valence-electron chi connectivity index (χ4n) is 4.06. The second-order valence-electron chi connectivity index (χ2n) is 7.99. The number of amides is 1. The first-order valence-corrected chi connectivity index (χ1v) is 13.1. The van der Waals surface area contributed by atoms with E-state index in [1.807, 2.05) is 31.4 Å². The SMILES string of the molecule is CCN(CC)N(CC)S(=O)(=O)c1ccc(Nc2ncc(-c3ccc(C(N)=O)cc3)n3ccnc23)cc1. The van der Waals surface area contributed by atoms with E-state index in [1.165, 1.54) is 4.41 Å². The van der Waals surface area contributed by atoms with E-state index in [0.29, 0.717) is 42.4 Å². The van der Waals surface area contributed by atoms with E-state index in [1.54, 1.807) is 65.9 Å². The van der Waals surface area contributed by atoms with Crippen LogP contribution in [0.25, 0.3) is 16.9 Å². The summed E-state index contributed by atoms with van der Waals surface area (Å²) < 4.78 is 29.6. The second-order valence-corrected chi connectivity index (χ2v) is 9.83. The van der Waals surface area contributed by atoms with Gasteiger partial charge in [-0.2, -0.15) is 0 Å². The van der Waals surface area contributed by atoms with Gasteiger partial charge < -0.3 is 11.1 Å². The van der Waals surface area contributed by atoms with Crippen LogP contribution in [0.1, 0.15) is 31.1 Å². The molecule has 1 amide bonds. The summed E-state index contributed by atoms with van der Waals surface area (Å²) in [7, 11) is -3.66. The Balaban J connectivity index is 1.60. The van der Waals surface area contributed by atoms with E-state index in [0.717, 1.165) is 11.3 Å². The van der Waals surface area contributed by atoms with Gasteiger partial charge in [-0.1, -0.05) is 26.0 Å². The number of anilines is 2. The lowest BCUT2D eigenvalue weighted by Crippen LogP contribution is -2.46. The zero-order valence-corrected chi connectivity index (χ0v) is 21.2. The molecule has 0 saturated carbocycles. The summed E-state index contributed by atoms with van der Waals surface area (Å²) in [6.45, 7) is 7.23. The van der Waals surface area contributed by atoms with Gasteiger partial charge in [-0.3, -0.25) is 9.20 Å². The number of hydrogen-bond acceptors (Lipinski definition) is 7. The molecule has 0 radical (unpaired) electrons. The van der Waals surface area contributed by atoms with Crippen LogP contribution in [0.5, 0.6) is 0 Å². The lowest BCUT2D eigenvalue weighted by molar-refractivity contribution is 0.0771. The van der Waals surface area contributed by atoms with Gasteiger partial charge >= 0.3 is 0 Å². The molecular weight excluding hydrogens is 478 g/mol. The quantitative estimate of drug-likeness (QED) is 0.315. The number of hydrazine groups is 1. The third kappa shape index (κ3) is 4.81. The smallest absolute Gasteiger partial charge is 0.255 e. The van der Waals surface area contributed by atoms with Crippen LogP contribution in [-0.2, 0) is 10.0 Å². The molecule has 11 heteroatoms. The number of sulfonamides is 1. The van der Waals surface area contributed by atoms with E-state index < -0.39 is 15.9 Å². The third-order valence-corrected chi connectivity index (χ3v) is 7.81. The predicted molar refractivity (Wildman–Crippen MR) is 139 cm³/mol. The molecule has 0 saturated heterocycles. The fraction of sp³-hybridized carbons (Fsp3) is 0.240. The van der Waals surface area contributed by atoms with E-state index in [9.17, 15) is 13.2 Å². The highest BCUT2D eigenvalue weighted by atomic mass is 32.2. The van der Waals surface area contributed by atoms with Crippen LogP contribution in [0.2, 0.25) is 0 Å². The number of benzene rings is 2. The third-order valence-electron chi connectivity index (χ3n) is 5.90. The molecule has 4 aromatic rings. The van der Waals surface area contributed by atoms with E-state index in [4.69, 9.17) is 5.73 Å². The van der Waals surface area contributed by atoms with Crippen molar-refractivity contribution in [2.45, 2.75) is 25.7 Å². The van der Waals surface area contributed by atoms with Crippen molar-refractivity contribution in [2.24, 2.45) is 5.73 Å². The highest BCUT2D eigenvalue weighted by Crippen LogP contribution is 2.27. The van der Waals surface area contributed by atoms with Gasteiger partial charge in [-0.15, -0.1) is 4.41 Å². The second kappa shape index (κ2) is 10.4. The van der Waals surface area contributed by atoms with Gasteiger partial charge in [0.15, 0.2) is 11.5 Å². The van der Waals surface area contributed by atoms with Gasteiger partial charge in [0.1, 0.15) is 0 Å². The Kier molecular flexibility index (Phi) is 7.34. The molecule has 3 N–H and O–H groups in total. The van der Waals surface area contributed by atoms with E-state index in [2.05, 4.69) is 15.3 Å². The minimum Gasteiger partial charge on any atom is -0.366 e. The molecule has 36 heavy (non-hydrogen) atoms. The summed E-state index contributed by atoms with van der Waals surface area (Å²) in [6.07, 6.45) is 5.20. The molecule has 10 nitrogen and oxygen atoms in total. The van der Waals surface area contributed by atoms with Gasteiger partial charge in [-0.05, 0) is 43.3 Å². The first-order chi connectivity index (χ1) is 17.3. The Morgan fingerprint density at radius 3 is 2.22 bits per heavy atom. The van der Waals surface area contributed by atoms with Crippen LogP contribution < -0.4 is 11.1 Å². The number of carbonyl (C=O) groups is 1. The predicted octanol–water partition coefficient (Wildman–Crippen LogP) is 3.51. The van der Waals surface area contributed by atoms with Crippen LogP contribution in [-0.4, -0.2) is 57.8 Å². The van der Waals surface area contributed by atoms with Crippen LogP contribution in [0, 0.1) is 0 Å². The Labute approximate surface area is 210 Å². The highest BCUT2D eigenvalue weighted by Gasteiger charge is 2.27. The van der Waals surface area contributed by atoms with Crippen molar-refractivity contribution in [3.8, 4) is 11.3 Å². The first kappa shape index (κ1) is 25.3. The number of rotatable bonds is 10. The van der Waals surface area contributed by atoms with Crippen molar-refractivity contribution in [1.29, 1.82) is 0 Å². The number of carbonyl (C=O) groups excluding carboxylic acids is 1. The largest absolute Gasteiger partial charge is 0.366 e. The monoisotopic (exact) mass is 507 g/mol. The molecule has 0 aliphatic heterocycles. The zero-order valence-electron chi connectivity index (χ0n) is 20.4. The van der Waals surface area contributed by atoms with Crippen LogP contribution in [0.4, 0.5) is 11.5 Å². The summed E-state index contributed by atoms with van der Waals surface area (Å²) in [5.74, 6) is 0.0349. The summed E-state index contributed by atoms with van der Waals surface area (Å²) in [4.78, 5) is 20.6. The molecule has 2 heterocycles. The number of imidazole rings is 1. The number of primary amides is 1. The van der Waals surface area contributed by atoms with Gasteiger partial charge in [0, 0.05) is 48.8 Å². The lowest BCUT2D eigenvalue weighted by atomic mass is 10.1. The molecule has 4 rings (SSSR count). The van der Waals surface area contributed by atoms with Gasteiger partial charge in [0.25, 0.3) is 10.0 Å². The van der Waals surface area contributed by atoms with Gasteiger partial charge in [0.2, 0.25) is 5.91 Å². The maximum absolute atomic E-state index is 13.2. The summed E-state index contributed by atoms with van der Waals surface area (Å²) in [5, 5.41) is 5.02. The van der Waals surface area contributed by atoms with Crippen molar-refractivity contribution >= 4 is 33.1 Å². The molecule has 0 unspecified atom stereocenters. The Hall–Kier alpha value is -3.80. The summed E-state index contributed by atoms with van der Waals surface area (Å²) in [6, 6.07) is 13.5. The molecule has 0 aliphatic rings. The number of nitrogens with zero attached hydrogens (tertiary/aromatic N) is 5. The average Bonchev–Trinajstić information content (AvgIpc) is 3.38. The molecule has 0 aliphatic carbocycles. The molecule has 2 aromatic carbocycles. The molecule has 188 valence electrons. The van der Waals surface area contributed by atoms with Crippen LogP contribution in [0.3, 0.4) is 0 Å². The van der Waals surface area contributed by atoms with Crippen molar-refractivity contribution in [3.05, 3.63) is 72.7 Å². The van der Waals surface area contributed by atoms with Crippen LogP contribution >= 0.6 is 0 Å². The Morgan fingerprint density at radius 1 is 0.972 bits per heavy atom. The maximum atomic E-state index is 13.2. The van der Waals surface area contributed by atoms with Gasteiger partial charge in [-0.25, -0.2) is 23.4 Å². The zero-order chi connectivity index (χ0) is 25.9. The molecule has 0 bridgehead atoms. The Bertz CT molecular complexity index is 1460. The highest BCUT2D eigenvalue weighted by molar-refractivity contribution is 7.89. The van der Waals surface area contributed by atoms with Crippen molar-refractivity contribution in [2.75, 3.05) is 25.0 Å². The fourth-order valence-corrected chi connectivity index (χ4v) is 5.65. The number of hydrogen-bond donors (Lipinski definition) is 2. The van der Waals surface area contributed by atoms with Crippen LogP contribution in [0.15, 0.2) is 72.0 Å². The van der Waals surface area contributed by atoms with Crippen molar-refractivity contribution < 1.29 is 13.2 Å². The normalized spacial score (nSPS) is 11.9. The molecule has 0 atom stereocenters. The van der Waals surface area contributed by atoms with E-state index in [-0.39, 0.29) is 4.90 Å². The lowest BCUT2D eigenvalue weighted by Gasteiger charge is -2.31. The number of fused-ring (bicyclic) bond motifs is 1. The van der Waals surface area contributed by atoms with Crippen molar-refractivity contribution in [1.82, 2.24) is 23.8 Å². The molecule has 0 fully saturated rings. The molecule has 2 aromatic heterocycles. The number of nitrogens with two attached hydrogens (primary N) is 1. The maximum Gasteiger partial charge on any atom is 0.255 e. The molecule has 0 spiro atoms. The number of aromatic nitrogens is 3. The number of nitrogens with one attached hydrogen (secondary N) is 1. The summed E-state index contributed by atoms with van der Waals surface area (Å²) >= 11 is 0. The standard InChI is InChI=1S/C25H29N7O3S/c1-4-30(5-2)32(6-3)36(34,35)21-13-11-20(12-14-21)29-24-25-27-15-16-31(25)22(17-28-24)18-7-9-19(10-8-18)23(26)33/h7-17H,4-6H2,1-3H3,(H2,26,33)(H,28,29). The minimum atomic E-state index is -3.66. The molecular formula is C25H29N7O3S. The topological polar surface area (TPSA) is 126 Å².